The highest BCUT2D eigenvalue weighted by molar-refractivity contribution is 6.73. The zero-order valence-corrected chi connectivity index (χ0v) is 18.7. The first kappa shape index (κ1) is 22.1. The summed E-state index contributed by atoms with van der Waals surface area (Å²) < 4.78 is 6.75. The van der Waals surface area contributed by atoms with E-state index in [0.717, 1.165) is 49.4 Å². The molecule has 1 aromatic rings. The van der Waals surface area contributed by atoms with Crippen LogP contribution in [0, 0.1) is 0 Å². The number of hydrogen-bond donors (Lipinski definition) is 1. The minimum Gasteiger partial charge on any atom is -0.440 e. The standard InChI is InChI=1S/C19H32Cl2N2O2Si/c1-4-26(5-2,6-3)25-17(18-15(20)11-22-12-16(18)21)13-23-14-19(24)9-7-8-10-19/h11-12,17,23-24H,4-10,13-14H2,1-3H3/p+1. The van der Waals surface area contributed by atoms with E-state index >= 15 is 0 Å². The van der Waals surface area contributed by atoms with Crippen LogP contribution in [0.25, 0.3) is 0 Å². The molecule has 1 heterocycles. The van der Waals surface area contributed by atoms with Crippen LogP contribution in [0.5, 0.6) is 0 Å². The predicted octanol–water partition coefficient (Wildman–Crippen LogP) is 5.08. The van der Waals surface area contributed by atoms with Gasteiger partial charge in [0.05, 0.1) is 22.7 Å². The van der Waals surface area contributed by atoms with Gasteiger partial charge in [-0.2, -0.15) is 0 Å². The molecule has 0 saturated heterocycles. The SMILES string of the molecule is CC[Si](CC)(CC)OC(CNCC1([OH2+])CCCC1)c1c(Cl)cncc1Cl. The molecule has 0 spiro atoms. The number of hydrogen-bond acceptors (Lipinski definition) is 3. The summed E-state index contributed by atoms with van der Waals surface area (Å²) >= 11 is 12.9. The summed E-state index contributed by atoms with van der Waals surface area (Å²) in [6, 6.07) is 3.21. The number of aromatic nitrogens is 1. The fourth-order valence-corrected chi connectivity index (χ4v) is 7.32. The number of pyridine rings is 1. The first-order chi connectivity index (χ1) is 12.4. The topological polar surface area (TPSA) is 57.0 Å². The van der Waals surface area contributed by atoms with Crippen LogP contribution >= 0.6 is 23.2 Å². The van der Waals surface area contributed by atoms with Gasteiger partial charge in [0.2, 0.25) is 0 Å². The molecular weight excluding hydrogens is 387 g/mol. The van der Waals surface area contributed by atoms with Crippen LogP contribution in [0.1, 0.15) is 58.1 Å². The van der Waals surface area contributed by atoms with Crippen molar-refractivity contribution in [3.8, 4) is 0 Å². The molecule has 4 nitrogen and oxygen atoms in total. The molecule has 0 aliphatic heterocycles. The lowest BCUT2D eigenvalue weighted by Crippen LogP contribution is -2.43. The van der Waals surface area contributed by atoms with E-state index in [1.165, 1.54) is 0 Å². The van der Waals surface area contributed by atoms with Gasteiger partial charge in [0.25, 0.3) is 0 Å². The van der Waals surface area contributed by atoms with E-state index in [9.17, 15) is 0 Å². The van der Waals surface area contributed by atoms with Gasteiger partial charge in [-0.3, -0.25) is 4.98 Å². The highest BCUT2D eigenvalue weighted by Gasteiger charge is 2.37. The number of halogens is 2. The first-order valence-corrected chi connectivity index (χ1v) is 13.1. The summed E-state index contributed by atoms with van der Waals surface area (Å²) in [5.74, 6) is 0. The van der Waals surface area contributed by atoms with E-state index in [-0.39, 0.29) is 11.7 Å². The normalized spacial score (nSPS) is 18.2. The maximum atomic E-state index is 8.55. The van der Waals surface area contributed by atoms with Crippen molar-refractivity contribution in [2.75, 3.05) is 13.1 Å². The van der Waals surface area contributed by atoms with Crippen molar-refractivity contribution >= 4 is 31.5 Å². The average molecular weight is 420 g/mol. The van der Waals surface area contributed by atoms with Crippen LogP contribution in [-0.4, -0.2) is 37.1 Å². The summed E-state index contributed by atoms with van der Waals surface area (Å²) in [6.07, 6.45) is 7.33. The highest BCUT2D eigenvalue weighted by Crippen LogP contribution is 2.36. The minimum atomic E-state index is -1.83. The van der Waals surface area contributed by atoms with Crippen molar-refractivity contribution < 1.29 is 9.53 Å². The molecule has 0 aromatic carbocycles. The third kappa shape index (κ3) is 5.43. The molecule has 0 radical (unpaired) electrons. The molecular formula is C19H33Cl2N2O2Si+. The smallest absolute Gasteiger partial charge is 0.192 e. The van der Waals surface area contributed by atoms with Gasteiger partial charge in [-0.15, -0.1) is 0 Å². The lowest BCUT2D eigenvalue weighted by molar-refractivity contribution is 0.0444. The Balaban J connectivity index is 2.18. The second-order valence-corrected chi connectivity index (χ2v) is 13.0. The number of rotatable bonds is 10. The molecule has 0 amide bonds. The molecule has 148 valence electrons. The molecule has 3 N–H and O–H groups in total. The van der Waals surface area contributed by atoms with Crippen LogP contribution in [0.2, 0.25) is 28.2 Å². The Morgan fingerprint density at radius 3 is 2.19 bits per heavy atom. The highest BCUT2D eigenvalue weighted by atomic mass is 35.5. The van der Waals surface area contributed by atoms with E-state index in [1.54, 1.807) is 12.4 Å². The van der Waals surface area contributed by atoms with Crippen LogP contribution in [0.15, 0.2) is 12.4 Å². The van der Waals surface area contributed by atoms with Gasteiger partial charge in [-0.25, -0.2) is 0 Å². The van der Waals surface area contributed by atoms with E-state index in [4.69, 9.17) is 32.7 Å². The van der Waals surface area contributed by atoms with Gasteiger partial charge >= 0.3 is 0 Å². The van der Waals surface area contributed by atoms with Crippen LogP contribution in [0.4, 0.5) is 0 Å². The molecule has 1 unspecified atom stereocenters. The average Bonchev–Trinajstić information content (AvgIpc) is 3.06. The van der Waals surface area contributed by atoms with Crippen molar-refractivity contribution in [2.24, 2.45) is 0 Å². The fourth-order valence-electron chi connectivity index (χ4n) is 3.90. The quantitative estimate of drug-likeness (QED) is 0.424. The van der Waals surface area contributed by atoms with Crippen LogP contribution in [0.3, 0.4) is 0 Å². The Morgan fingerprint density at radius 2 is 1.69 bits per heavy atom. The molecule has 1 saturated carbocycles. The van der Waals surface area contributed by atoms with Crippen molar-refractivity contribution in [1.82, 2.24) is 10.3 Å². The Labute approximate surface area is 168 Å². The summed E-state index contributed by atoms with van der Waals surface area (Å²) in [4.78, 5) is 4.08. The number of nitrogens with zero attached hydrogens (tertiary/aromatic N) is 1. The van der Waals surface area contributed by atoms with Gasteiger partial charge in [0, 0.05) is 37.3 Å². The Bertz CT molecular complexity index is 550. The predicted molar refractivity (Wildman–Crippen MR) is 113 cm³/mol. The fraction of sp³-hybridized carbons (Fsp3) is 0.737. The maximum absolute atomic E-state index is 8.55. The molecule has 1 fully saturated rings. The van der Waals surface area contributed by atoms with Crippen LogP contribution < -0.4 is 5.32 Å². The zero-order valence-electron chi connectivity index (χ0n) is 16.2. The van der Waals surface area contributed by atoms with Gasteiger partial charge in [0.15, 0.2) is 13.9 Å². The molecule has 0 bridgehead atoms. The van der Waals surface area contributed by atoms with Gasteiger partial charge < -0.3 is 14.8 Å². The van der Waals surface area contributed by atoms with Gasteiger partial charge in [0.1, 0.15) is 0 Å². The van der Waals surface area contributed by atoms with E-state index in [2.05, 4.69) is 31.1 Å². The lowest BCUT2D eigenvalue weighted by atomic mass is 10.0. The van der Waals surface area contributed by atoms with Gasteiger partial charge in [-0.05, 0) is 31.0 Å². The van der Waals surface area contributed by atoms with Crippen molar-refractivity contribution in [1.29, 1.82) is 0 Å². The summed E-state index contributed by atoms with van der Waals surface area (Å²) in [6.45, 7) is 7.97. The van der Waals surface area contributed by atoms with Crippen molar-refractivity contribution in [3.05, 3.63) is 28.0 Å². The third-order valence-corrected chi connectivity index (χ3v) is 11.1. The van der Waals surface area contributed by atoms with E-state index in [0.29, 0.717) is 23.1 Å². The third-order valence-electron chi connectivity index (χ3n) is 5.89. The Hall–Kier alpha value is -0.173. The molecule has 7 heteroatoms. The minimum absolute atomic E-state index is 0.200. The molecule has 1 atom stereocenters. The Morgan fingerprint density at radius 1 is 1.15 bits per heavy atom. The maximum Gasteiger partial charge on any atom is 0.192 e. The Kier molecular flexibility index (Phi) is 8.38. The summed E-state index contributed by atoms with van der Waals surface area (Å²) in [7, 11) is -1.83. The second-order valence-electron chi connectivity index (χ2n) is 7.49. The van der Waals surface area contributed by atoms with Crippen LogP contribution in [-0.2, 0) is 4.43 Å². The lowest BCUT2D eigenvalue weighted by Gasteiger charge is -2.34. The largest absolute Gasteiger partial charge is 0.440 e. The first-order valence-electron chi connectivity index (χ1n) is 9.81. The zero-order chi connectivity index (χ0) is 19.2. The summed E-state index contributed by atoms with van der Waals surface area (Å²) in [5, 5.41) is 13.1. The molecule has 1 aliphatic carbocycles. The molecule has 1 aliphatic rings. The monoisotopic (exact) mass is 419 g/mol. The van der Waals surface area contributed by atoms with E-state index < -0.39 is 8.32 Å². The number of nitrogens with one attached hydrogen (secondary N) is 1. The molecule has 26 heavy (non-hydrogen) atoms. The van der Waals surface area contributed by atoms with Crippen molar-refractivity contribution in [3.63, 3.8) is 0 Å². The molecule has 2 rings (SSSR count). The second kappa shape index (κ2) is 9.85. The summed E-state index contributed by atoms with van der Waals surface area (Å²) in [5.41, 5.74) is 0.485. The van der Waals surface area contributed by atoms with E-state index in [1.807, 2.05) is 0 Å². The van der Waals surface area contributed by atoms with Crippen molar-refractivity contribution in [2.45, 2.75) is 76.3 Å². The molecule has 1 aromatic heterocycles. The van der Waals surface area contributed by atoms with Gasteiger partial charge in [-0.1, -0.05) is 44.0 Å².